The highest BCUT2D eigenvalue weighted by Crippen LogP contribution is 2.43. The lowest BCUT2D eigenvalue weighted by atomic mass is 9.89. The zero-order valence-electron chi connectivity index (χ0n) is 19.6. The molecule has 0 unspecified atom stereocenters. The topological polar surface area (TPSA) is 87.5 Å². The van der Waals surface area contributed by atoms with Gasteiger partial charge in [-0.15, -0.1) is 10.2 Å². The van der Waals surface area contributed by atoms with Gasteiger partial charge in [0.25, 0.3) is 0 Å². The molecule has 3 heterocycles. The lowest BCUT2D eigenvalue weighted by Crippen LogP contribution is -2.40. The Bertz CT molecular complexity index is 1240. The number of Topliss-reactive ketones (excluding diaryl/α,β-unsaturated/α-hetero) is 1. The van der Waals surface area contributed by atoms with Crippen molar-refractivity contribution < 1.29 is 19.0 Å². The van der Waals surface area contributed by atoms with Gasteiger partial charge < -0.3 is 19.6 Å². The third kappa shape index (κ3) is 4.11. The number of rotatable bonds is 5. The van der Waals surface area contributed by atoms with Crippen LogP contribution in [0.4, 0.5) is 0 Å². The maximum atomic E-state index is 13.9. The summed E-state index contributed by atoms with van der Waals surface area (Å²) in [5.41, 5.74) is 5.11. The molecule has 1 aromatic heterocycles. The summed E-state index contributed by atoms with van der Waals surface area (Å²) in [5, 5.41) is 9.30. The Balaban J connectivity index is 1.39. The van der Waals surface area contributed by atoms with Crippen molar-refractivity contribution in [3.63, 3.8) is 0 Å². The molecule has 1 N–H and O–H groups in total. The van der Waals surface area contributed by atoms with Crippen LogP contribution in [0.3, 0.4) is 0 Å². The zero-order valence-corrected chi connectivity index (χ0v) is 20.4. The number of carbonyl (C=O) groups excluding carboxylic acids is 1. The van der Waals surface area contributed by atoms with Gasteiger partial charge in [0.2, 0.25) is 5.16 Å². The van der Waals surface area contributed by atoms with E-state index in [1.54, 1.807) is 13.2 Å². The van der Waals surface area contributed by atoms with E-state index in [0.717, 1.165) is 30.0 Å². The monoisotopic (exact) mass is 492 g/mol. The van der Waals surface area contributed by atoms with Gasteiger partial charge in [-0.1, -0.05) is 49.2 Å². The van der Waals surface area contributed by atoms with E-state index in [1.807, 2.05) is 41.1 Å². The van der Waals surface area contributed by atoms with Gasteiger partial charge in [0.1, 0.15) is 24.2 Å². The quantitative estimate of drug-likeness (QED) is 0.511. The van der Waals surface area contributed by atoms with Crippen LogP contribution in [0.15, 0.2) is 47.6 Å². The maximum absolute atomic E-state index is 13.9. The van der Waals surface area contributed by atoms with E-state index in [9.17, 15) is 4.79 Å². The Morgan fingerprint density at radius 2 is 1.86 bits per heavy atom. The van der Waals surface area contributed by atoms with Crippen molar-refractivity contribution >= 4 is 17.5 Å². The van der Waals surface area contributed by atoms with Crippen molar-refractivity contribution in [1.29, 1.82) is 0 Å². The van der Waals surface area contributed by atoms with Crippen LogP contribution in [-0.2, 0) is 0 Å². The van der Waals surface area contributed by atoms with Crippen molar-refractivity contribution in [2.75, 3.05) is 25.7 Å². The molecule has 2 aliphatic heterocycles. The first kappa shape index (κ1) is 22.3. The number of hydrogen-bond acceptors (Lipinski definition) is 8. The molecule has 3 aliphatic rings. The molecule has 2 aromatic carbocycles. The molecule has 182 valence electrons. The number of ether oxygens (including phenoxy) is 3. The van der Waals surface area contributed by atoms with Gasteiger partial charge in [-0.3, -0.25) is 4.79 Å². The molecule has 8 nitrogen and oxygen atoms in total. The molecule has 0 saturated heterocycles. The van der Waals surface area contributed by atoms with E-state index in [0.29, 0.717) is 41.4 Å². The Morgan fingerprint density at radius 1 is 1.06 bits per heavy atom. The summed E-state index contributed by atoms with van der Waals surface area (Å²) in [5.74, 6) is 3.33. The molecular weight excluding hydrogens is 464 g/mol. The Labute approximate surface area is 208 Å². The van der Waals surface area contributed by atoms with E-state index in [2.05, 4.69) is 15.6 Å². The lowest BCUT2D eigenvalue weighted by molar-refractivity contribution is 0.0978. The second-order valence-corrected chi connectivity index (χ2v) is 10.2. The molecule has 6 rings (SSSR count). The first-order chi connectivity index (χ1) is 17.2. The standard InChI is InChI=1S/C26H28N4O4S/c1-32-19-10-6-5-9-18(19)22-24(23(31)17-11-12-20-21(15-17)34-14-13-33-20)35-26-28-27-25(30(26)29-22)16-7-3-2-4-8-16/h5-6,9-12,15-16,22,24,29H,2-4,7-8,13-14H2,1H3/t22-,24+/m1/s1. The summed E-state index contributed by atoms with van der Waals surface area (Å²) in [6.45, 7) is 0.985. The van der Waals surface area contributed by atoms with Crippen LogP contribution in [0.1, 0.15) is 65.8 Å². The minimum atomic E-state index is -0.468. The molecular formula is C26H28N4O4S. The number of carbonyl (C=O) groups is 1. The van der Waals surface area contributed by atoms with Crippen molar-refractivity contribution in [3.05, 3.63) is 59.4 Å². The summed E-state index contributed by atoms with van der Waals surface area (Å²) in [6.07, 6.45) is 5.92. The van der Waals surface area contributed by atoms with Gasteiger partial charge in [-0.25, -0.2) is 4.68 Å². The minimum absolute atomic E-state index is 0.0103. The van der Waals surface area contributed by atoms with Crippen LogP contribution in [0, 0.1) is 0 Å². The Hall–Kier alpha value is -3.20. The molecule has 9 heteroatoms. The van der Waals surface area contributed by atoms with Crippen molar-refractivity contribution in [1.82, 2.24) is 14.9 Å². The van der Waals surface area contributed by atoms with Crippen molar-refractivity contribution in [2.24, 2.45) is 0 Å². The van der Waals surface area contributed by atoms with Gasteiger partial charge in [0.05, 0.1) is 13.2 Å². The molecule has 35 heavy (non-hydrogen) atoms. The smallest absolute Gasteiger partial charge is 0.210 e. The first-order valence-corrected chi connectivity index (χ1v) is 13.1. The predicted molar refractivity (Wildman–Crippen MR) is 132 cm³/mol. The van der Waals surface area contributed by atoms with Gasteiger partial charge in [0, 0.05) is 17.0 Å². The van der Waals surface area contributed by atoms with E-state index >= 15 is 0 Å². The van der Waals surface area contributed by atoms with Crippen LogP contribution in [0.2, 0.25) is 0 Å². The summed E-state index contributed by atoms with van der Waals surface area (Å²) >= 11 is 1.45. The van der Waals surface area contributed by atoms with Gasteiger partial charge in [-0.05, 0) is 37.1 Å². The number of benzene rings is 2. The number of ketones is 1. The molecule has 0 bridgehead atoms. The van der Waals surface area contributed by atoms with E-state index < -0.39 is 5.25 Å². The average Bonchev–Trinajstić information content (AvgIpc) is 3.35. The van der Waals surface area contributed by atoms with Crippen LogP contribution < -0.4 is 19.6 Å². The highest BCUT2D eigenvalue weighted by molar-refractivity contribution is 8.00. The molecule has 0 amide bonds. The second-order valence-electron chi connectivity index (χ2n) is 9.12. The van der Waals surface area contributed by atoms with Crippen molar-refractivity contribution in [2.45, 2.75) is 54.5 Å². The number of para-hydroxylation sites is 1. The largest absolute Gasteiger partial charge is 0.496 e. The van der Waals surface area contributed by atoms with Crippen LogP contribution in [-0.4, -0.2) is 46.2 Å². The Morgan fingerprint density at radius 3 is 2.69 bits per heavy atom. The second kappa shape index (κ2) is 9.45. The van der Waals surface area contributed by atoms with Gasteiger partial charge in [-0.2, -0.15) is 0 Å². The molecule has 1 aliphatic carbocycles. The number of nitrogens with one attached hydrogen (secondary N) is 1. The number of nitrogens with zero attached hydrogens (tertiary/aromatic N) is 3. The highest BCUT2D eigenvalue weighted by atomic mass is 32.2. The molecule has 0 spiro atoms. The fourth-order valence-corrected chi connectivity index (χ4v) is 6.37. The van der Waals surface area contributed by atoms with E-state index in [-0.39, 0.29) is 11.8 Å². The maximum Gasteiger partial charge on any atom is 0.210 e. The third-order valence-corrected chi connectivity index (χ3v) is 8.21. The molecule has 0 radical (unpaired) electrons. The molecule has 2 atom stereocenters. The minimum Gasteiger partial charge on any atom is -0.496 e. The number of fused-ring (bicyclic) bond motifs is 2. The number of aromatic nitrogens is 3. The van der Waals surface area contributed by atoms with Crippen LogP contribution in [0.5, 0.6) is 17.2 Å². The third-order valence-electron chi connectivity index (χ3n) is 6.99. The van der Waals surface area contributed by atoms with Gasteiger partial charge in [0.15, 0.2) is 23.1 Å². The SMILES string of the molecule is COc1ccccc1[C@H]1Nn2c(nnc2C2CCCCC2)S[C@@H]1C(=O)c1ccc2c(c1)OCCO2. The number of thioether (sulfide) groups is 1. The fraction of sp³-hybridized carbons (Fsp3) is 0.423. The molecule has 1 saturated carbocycles. The summed E-state index contributed by atoms with van der Waals surface area (Å²) < 4.78 is 19.1. The zero-order chi connectivity index (χ0) is 23.8. The molecule has 1 fully saturated rings. The first-order valence-electron chi connectivity index (χ1n) is 12.2. The van der Waals surface area contributed by atoms with Crippen molar-refractivity contribution in [3.8, 4) is 17.2 Å². The van der Waals surface area contributed by atoms with E-state index in [1.165, 1.54) is 31.0 Å². The lowest BCUT2D eigenvalue weighted by Gasteiger charge is -2.34. The summed E-state index contributed by atoms with van der Waals surface area (Å²) in [6, 6.07) is 12.9. The highest BCUT2D eigenvalue weighted by Gasteiger charge is 2.40. The van der Waals surface area contributed by atoms with Crippen LogP contribution >= 0.6 is 11.8 Å². The normalized spacial score (nSPS) is 21.6. The fourth-order valence-electron chi connectivity index (χ4n) is 5.21. The van der Waals surface area contributed by atoms with Gasteiger partial charge >= 0.3 is 0 Å². The number of hydrogen-bond donors (Lipinski definition) is 1. The predicted octanol–water partition coefficient (Wildman–Crippen LogP) is 4.75. The number of methoxy groups -OCH3 is 1. The Kier molecular flexibility index (Phi) is 6.01. The van der Waals surface area contributed by atoms with E-state index in [4.69, 9.17) is 14.2 Å². The summed E-state index contributed by atoms with van der Waals surface area (Å²) in [4.78, 5) is 13.9. The summed E-state index contributed by atoms with van der Waals surface area (Å²) in [7, 11) is 1.66. The van der Waals surface area contributed by atoms with Crippen LogP contribution in [0.25, 0.3) is 0 Å². The molecule has 3 aromatic rings. The average molecular weight is 493 g/mol.